The number of sulfonamides is 1. The SMILES string of the molecule is NS(=O)(=O)CCn1nnnc1SCC1=C(C(=O)O)N2C(=O)C(NC(=O)C(O)c3cccs3)[C@H]2SC1. The number of thioether (sulfide) groups is 2. The molecule has 0 bridgehead atoms. The zero-order chi connectivity index (χ0) is 25.3. The van der Waals surface area contributed by atoms with E-state index in [4.69, 9.17) is 5.14 Å². The van der Waals surface area contributed by atoms with Gasteiger partial charge < -0.3 is 15.5 Å². The predicted molar refractivity (Wildman–Crippen MR) is 125 cm³/mol. The number of carbonyl (C=O) groups is 3. The van der Waals surface area contributed by atoms with E-state index in [1.165, 1.54) is 27.8 Å². The Morgan fingerprint density at radius 3 is 2.83 bits per heavy atom. The number of rotatable bonds is 10. The standard InChI is InChI=1S/C17H19N7O7S4/c18-35(30,31)5-3-23-17(20-21-22-23)34-7-8-6-33-15-10(14(27)24(15)11(8)16(28)29)19-13(26)12(25)9-2-1-4-32-9/h1-2,4,10,12,15,25H,3,5-7H2,(H,19,26)(H,28,29)(H2,18,30,31)/t10?,12?,15-/m1/s1. The van der Waals surface area contributed by atoms with Gasteiger partial charge in [0.05, 0.1) is 12.3 Å². The molecule has 2 unspecified atom stereocenters. The minimum atomic E-state index is -3.72. The first-order valence-corrected chi connectivity index (χ1v) is 14.5. The lowest BCUT2D eigenvalue weighted by molar-refractivity contribution is -0.151. The van der Waals surface area contributed by atoms with Crippen molar-refractivity contribution in [2.45, 2.75) is 29.2 Å². The summed E-state index contributed by atoms with van der Waals surface area (Å²) in [6.07, 6.45) is -1.42. The molecule has 2 aromatic rings. The van der Waals surface area contributed by atoms with Crippen molar-refractivity contribution in [2.75, 3.05) is 17.3 Å². The first-order chi connectivity index (χ1) is 16.6. The van der Waals surface area contributed by atoms with Crippen molar-refractivity contribution < 1.29 is 33.0 Å². The zero-order valence-corrected chi connectivity index (χ0v) is 20.9. The van der Waals surface area contributed by atoms with Crippen LogP contribution in [0.25, 0.3) is 0 Å². The lowest BCUT2D eigenvalue weighted by Crippen LogP contribution is -2.70. The van der Waals surface area contributed by atoms with Gasteiger partial charge in [-0.3, -0.25) is 14.5 Å². The third-order valence-corrected chi connectivity index (χ3v) is 9.13. The number of thiophene rings is 1. The number of carbonyl (C=O) groups excluding carboxylic acids is 2. The van der Waals surface area contributed by atoms with Crippen molar-refractivity contribution >= 4 is 62.7 Å². The van der Waals surface area contributed by atoms with Crippen LogP contribution in [0.4, 0.5) is 0 Å². The summed E-state index contributed by atoms with van der Waals surface area (Å²) >= 11 is 3.57. The number of fused-ring (bicyclic) bond motifs is 1. The molecule has 3 atom stereocenters. The highest BCUT2D eigenvalue weighted by Gasteiger charge is 2.54. The molecular formula is C17H19N7O7S4. The number of nitrogens with two attached hydrogens (primary N) is 1. The number of nitrogens with zero attached hydrogens (tertiary/aromatic N) is 5. The molecule has 4 heterocycles. The molecule has 2 amide bonds. The molecule has 35 heavy (non-hydrogen) atoms. The van der Waals surface area contributed by atoms with Crippen LogP contribution in [0.3, 0.4) is 0 Å². The van der Waals surface area contributed by atoms with Crippen LogP contribution in [0.5, 0.6) is 0 Å². The second-order valence-electron chi connectivity index (χ2n) is 7.41. The maximum atomic E-state index is 12.8. The number of tetrazole rings is 1. The van der Waals surface area contributed by atoms with Gasteiger partial charge in [-0.05, 0) is 27.4 Å². The van der Waals surface area contributed by atoms with Crippen LogP contribution >= 0.6 is 34.9 Å². The zero-order valence-electron chi connectivity index (χ0n) is 17.7. The summed E-state index contributed by atoms with van der Waals surface area (Å²) < 4.78 is 23.6. The number of carboxylic acid groups (broad SMARTS) is 1. The largest absolute Gasteiger partial charge is 0.477 e. The Morgan fingerprint density at radius 1 is 1.40 bits per heavy atom. The molecule has 4 rings (SSSR count). The van der Waals surface area contributed by atoms with E-state index in [1.807, 2.05) is 0 Å². The van der Waals surface area contributed by atoms with Crippen molar-refractivity contribution in [1.29, 1.82) is 0 Å². The maximum absolute atomic E-state index is 12.8. The second-order valence-corrected chi connectivity index (χ2v) is 12.2. The van der Waals surface area contributed by atoms with E-state index in [0.717, 1.165) is 16.7 Å². The number of carboxylic acids is 1. The highest BCUT2D eigenvalue weighted by atomic mass is 32.2. The smallest absolute Gasteiger partial charge is 0.352 e. The normalized spacial score (nSPS) is 20.9. The van der Waals surface area contributed by atoms with Gasteiger partial charge >= 0.3 is 5.97 Å². The molecule has 2 aliphatic rings. The summed E-state index contributed by atoms with van der Waals surface area (Å²) in [5, 5.41) is 39.9. The molecule has 1 fully saturated rings. The molecule has 14 nitrogen and oxygen atoms in total. The number of β-lactam (4-membered cyclic amide) rings is 1. The van der Waals surface area contributed by atoms with Crippen molar-refractivity contribution in [2.24, 2.45) is 5.14 Å². The van der Waals surface area contributed by atoms with Crippen LogP contribution in [0.2, 0.25) is 0 Å². The molecule has 188 valence electrons. The number of primary sulfonamides is 1. The molecular weight excluding hydrogens is 542 g/mol. The Kier molecular flexibility index (Phi) is 7.48. The quantitative estimate of drug-likeness (QED) is 0.195. The number of aliphatic hydroxyl groups is 1. The van der Waals surface area contributed by atoms with Crippen LogP contribution in [-0.4, -0.2) is 90.2 Å². The lowest BCUT2D eigenvalue weighted by Gasteiger charge is -2.49. The van der Waals surface area contributed by atoms with Crippen molar-refractivity contribution in [3.05, 3.63) is 33.7 Å². The lowest BCUT2D eigenvalue weighted by atomic mass is 10.0. The number of aromatic nitrogens is 4. The number of aliphatic hydroxyl groups excluding tert-OH is 1. The van der Waals surface area contributed by atoms with E-state index < -0.39 is 45.3 Å². The van der Waals surface area contributed by atoms with E-state index >= 15 is 0 Å². The Bertz CT molecular complexity index is 1280. The molecule has 0 radical (unpaired) electrons. The number of hydrogen-bond acceptors (Lipinski definition) is 12. The fourth-order valence-corrected chi connectivity index (χ4v) is 6.93. The fourth-order valence-electron chi connectivity index (χ4n) is 3.41. The van der Waals surface area contributed by atoms with Gasteiger partial charge in [0.1, 0.15) is 17.1 Å². The topological polar surface area (TPSA) is 211 Å². The number of nitrogens with one attached hydrogen (secondary N) is 1. The molecule has 0 spiro atoms. The molecule has 0 saturated carbocycles. The molecule has 2 aliphatic heterocycles. The minimum absolute atomic E-state index is 0.0703. The van der Waals surface area contributed by atoms with E-state index in [-0.39, 0.29) is 34.7 Å². The average Bonchev–Trinajstić information content (AvgIpc) is 3.50. The van der Waals surface area contributed by atoms with Gasteiger partial charge in [0.15, 0.2) is 6.10 Å². The third kappa shape index (κ3) is 5.51. The first kappa shape index (κ1) is 25.6. The first-order valence-electron chi connectivity index (χ1n) is 9.88. The summed E-state index contributed by atoms with van der Waals surface area (Å²) in [6.45, 7) is -0.0703. The van der Waals surface area contributed by atoms with Gasteiger partial charge in [-0.15, -0.1) is 28.2 Å². The Morgan fingerprint density at radius 2 is 2.17 bits per heavy atom. The predicted octanol–water partition coefficient (Wildman–Crippen LogP) is -1.41. The molecule has 0 aliphatic carbocycles. The van der Waals surface area contributed by atoms with Gasteiger partial charge in [-0.2, -0.15) is 0 Å². The molecule has 18 heteroatoms. The Labute approximate surface area is 211 Å². The summed E-state index contributed by atoms with van der Waals surface area (Å²) in [5.74, 6) is -2.60. The van der Waals surface area contributed by atoms with Crippen LogP contribution in [-0.2, 0) is 31.0 Å². The van der Waals surface area contributed by atoms with Gasteiger partial charge in [0.2, 0.25) is 15.2 Å². The van der Waals surface area contributed by atoms with Crippen LogP contribution < -0.4 is 10.5 Å². The molecule has 2 aromatic heterocycles. The van der Waals surface area contributed by atoms with Crippen LogP contribution in [0.15, 0.2) is 33.9 Å². The number of aliphatic carboxylic acids is 1. The van der Waals surface area contributed by atoms with Crippen LogP contribution in [0, 0.1) is 0 Å². The van der Waals surface area contributed by atoms with Crippen LogP contribution in [0.1, 0.15) is 11.0 Å². The second kappa shape index (κ2) is 10.2. The minimum Gasteiger partial charge on any atom is -0.477 e. The average molecular weight is 562 g/mol. The Hall–Kier alpha value is -2.51. The third-order valence-electron chi connectivity index (χ3n) is 5.07. The van der Waals surface area contributed by atoms with E-state index in [9.17, 15) is 33.0 Å². The van der Waals surface area contributed by atoms with Gasteiger partial charge in [0.25, 0.3) is 11.8 Å². The van der Waals surface area contributed by atoms with Gasteiger partial charge in [0, 0.05) is 16.4 Å². The molecule has 1 saturated heterocycles. The Balaban J connectivity index is 1.43. The fraction of sp³-hybridized carbons (Fsp3) is 0.412. The number of hydrogen-bond donors (Lipinski definition) is 4. The maximum Gasteiger partial charge on any atom is 0.352 e. The summed E-state index contributed by atoms with van der Waals surface area (Å²) in [6, 6.07) is 2.32. The molecule has 0 aromatic carbocycles. The summed E-state index contributed by atoms with van der Waals surface area (Å²) in [4.78, 5) is 38.7. The van der Waals surface area contributed by atoms with Crippen molar-refractivity contribution in [1.82, 2.24) is 30.4 Å². The van der Waals surface area contributed by atoms with E-state index in [2.05, 4.69) is 20.8 Å². The van der Waals surface area contributed by atoms with E-state index in [1.54, 1.807) is 17.5 Å². The summed E-state index contributed by atoms with van der Waals surface area (Å²) in [5.41, 5.74) is 0.264. The number of aryl methyl sites for hydroxylation is 1. The monoisotopic (exact) mass is 561 g/mol. The van der Waals surface area contributed by atoms with Gasteiger partial charge in [-0.25, -0.2) is 23.0 Å². The van der Waals surface area contributed by atoms with E-state index in [0.29, 0.717) is 10.5 Å². The molecule has 5 N–H and O–H groups in total. The highest BCUT2D eigenvalue weighted by Crippen LogP contribution is 2.41. The number of amides is 2. The summed E-state index contributed by atoms with van der Waals surface area (Å²) in [7, 11) is -3.72. The van der Waals surface area contributed by atoms with Crippen molar-refractivity contribution in [3.63, 3.8) is 0 Å². The van der Waals surface area contributed by atoms with Gasteiger partial charge in [-0.1, -0.05) is 17.8 Å². The highest BCUT2D eigenvalue weighted by molar-refractivity contribution is 8.01. The van der Waals surface area contributed by atoms with Crippen molar-refractivity contribution in [3.8, 4) is 0 Å².